The van der Waals surface area contributed by atoms with E-state index in [0.717, 1.165) is 12.0 Å². The van der Waals surface area contributed by atoms with E-state index in [-0.39, 0.29) is 30.3 Å². The zero-order valence-electron chi connectivity index (χ0n) is 18.0. The monoisotopic (exact) mass is 446 g/mol. The van der Waals surface area contributed by atoms with Crippen LogP contribution in [0.2, 0.25) is 0 Å². The average molecular weight is 446 g/mol. The number of nitro groups is 1. The maximum absolute atomic E-state index is 12.7. The molecule has 0 radical (unpaired) electrons. The lowest BCUT2D eigenvalue weighted by molar-refractivity contribution is -0.384. The lowest BCUT2D eigenvalue weighted by Crippen LogP contribution is -2.27. The second-order valence-corrected chi connectivity index (χ2v) is 7.75. The van der Waals surface area contributed by atoms with Gasteiger partial charge in [0.15, 0.2) is 0 Å². The maximum atomic E-state index is 12.7. The molecule has 0 N–H and O–H groups in total. The molecule has 1 heterocycles. The van der Waals surface area contributed by atoms with Crippen molar-refractivity contribution in [1.29, 1.82) is 0 Å². The van der Waals surface area contributed by atoms with Gasteiger partial charge in [-0.2, -0.15) is 0 Å². The number of amides is 1. The lowest BCUT2D eigenvalue weighted by atomic mass is 10.1. The van der Waals surface area contributed by atoms with Gasteiger partial charge in [-0.3, -0.25) is 19.7 Å². The van der Waals surface area contributed by atoms with Crippen LogP contribution in [-0.2, 0) is 16.0 Å². The highest BCUT2D eigenvalue weighted by molar-refractivity contribution is 6.00. The Morgan fingerprint density at radius 2 is 1.76 bits per heavy atom. The summed E-state index contributed by atoms with van der Waals surface area (Å²) in [6.07, 6.45) is 0.767. The quantitative estimate of drug-likeness (QED) is 0.234. The molecule has 0 spiro atoms. The predicted molar refractivity (Wildman–Crippen MR) is 121 cm³/mol. The van der Waals surface area contributed by atoms with Crippen molar-refractivity contribution < 1.29 is 24.0 Å². The smallest absolute Gasteiger partial charge is 0.316 e. The minimum absolute atomic E-state index is 0.00886. The fraction of sp³-hybridized carbons (Fsp3) is 0.200. The maximum Gasteiger partial charge on any atom is 0.316 e. The second-order valence-electron chi connectivity index (χ2n) is 7.75. The van der Waals surface area contributed by atoms with Crippen molar-refractivity contribution in [3.63, 3.8) is 0 Å². The summed E-state index contributed by atoms with van der Waals surface area (Å²) in [5.74, 6) is -0.817. The SMILES string of the molecule is COc1cc([N+](=O)[O-])ccc1N1C[C@H](C(=O)Oc2ccc(Cc3ccccc3)cc2)CC1=O. The summed E-state index contributed by atoms with van der Waals surface area (Å²) in [6.45, 7) is 0.109. The minimum atomic E-state index is -0.651. The van der Waals surface area contributed by atoms with Crippen molar-refractivity contribution in [3.8, 4) is 11.5 Å². The van der Waals surface area contributed by atoms with Crippen LogP contribution in [0.3, 0.4) is 0 Å². The molecule has 33 heavy (non-hydrogen) atoms. The van der Waals surface area contributed by atoms with E-state index in [1.165, 1.54) is 35.8 Å². The van der Waals surface area contributed by atoms with Crippen LogP contribution in [0.25, 0.3) is 0 Å². The zero-order chi connectivity index (χ0) is 23.4. The highest BCUT2D eigenvalue weighted by Gasteiger charge is 2.37. The summed E-state index contributed by atoms with van der Waals surface area (Å²) in [6, 6.07) is 21.4. The number of hydrogen-bond donors (Lipinski definition) is 0. The van der Waals surface area contributed by atoms with E-state index in [1.54, 1.807) is 12.1 Å². The Hall–Kier alpha value is -4.20. The highest BCUT2D eigenvalue weighted by Crippen LogP contribution is 2.36. The van der Waals surface area contributed by atoms with Gasteiger partial charge >= 0.3 is 5.97 Å². The van der Waals surface area contributed by atoms with Gasteiger partial charge in [0, 0.05) is 19.0 Å². The minimum Gasteiger partial charge on any atom is -0.494 e. The third-order valence-electron chi connectivity index (χ3n) is 5.52. The van der Waals surface area contributed by atoms with Gasteiger partial charge in [0.1, 0.15) is 11.5 Å². The molecule has 8 heteroatoms. The third-order valence-corrected chi connectivity index (χ3v) is 5.52. The van der Waals surface area contributed by atoms with Crippen molar-refractivity contribution >= 4 is 23.3 Å². The Bertz CT molecular complexity index is 1180. The van der Waals surface area contributed by atoms with Gasteiger partial charge in [-0.25, -0.2) is 0 Å². The van der Waals surface area contributed by atoms with Crippen LogP contribution in [0, 0.1) is 16.0 Å². The second kappa shape index (κ2) is 9.52. The van der Waals surface area contributed by atoms with Gasteiger partial charge in [-0.15, -0.1) is 0 Å². The molecular weight excluding hydrogens is 424 g/mol. The number of nitro benzene ring substituents is 1. The molecule has 1 aliphatic heterocycles. The summed E-state index contributed by atoms with van der Waals surface area (Å²) in [5, 5.41) is 11.0. The molecule has 168 valence electrons. The zero-order valence-corrected chi connectivity index (χ0v) is 18.0. The van der Waals surface area contributed by atoms with E-state index < -0.39 is 16.8 Å². The first-order valence-corrected chi connectivity index (χ1v) is 10.4. The van der Waals surface area contributed by atoms with E-state index in [2.05, 4.69) is 12.1 Å². The topological polar surface area (TPSA) is 99.0 Å². The molecule has 1 fully saturated rings. The van der Waals surface area contributed by atoms with Crippen molar-refractivity contribution in [2.45, 2.75) is 12.8 Å². The van der Waals surface area contributed by atoms with Crippen LogP contribution in [0.5, 0.6) is 11.5 Å². The molecule has 0 bridgehead atoms. The molecule has 0 unspecified atom stereocenters. The van der Waals surface area contributed by atoms with Gasteiger partial charge in [0.25, 0.3) is 5.69 Å². The molecular formula is C25H22N2O6. The molecule has 1 amide bonds. The van der Waals surface area contributed by atoms with Crippen molar-refractivity contribution in [1.82, 2.24) is 0 Å². The van der Waals surface area contributed by atoms with Crippen molar-refractivity contribution in [2.24, 2.45) is 5.92 Å². The largest absolute Gasteiger partial charge is 0.494 e. The summed E-state index contributed by atoms with van der Waals surface area (Å²) in [5.41, 5.74) is 2.52. The predicted octanol–water partition coefficient (Wildman–Crippen LogP) is 4.15. The van der Waals surface area contributed by atoms with Crippen molar-refractivity contribution in [3.05, 3.63) is 94.0 Å². The summed E-state index contributed by atoms with van der Waals surface area (Å²) < 4.78 is 10.7. The van der Waals surface area contributed by atoms with Gasteiger partial charge in [-0.05, 0) is 35.7 Å². The fourth-order valence-electron chi connectivity index (χ4n) is 3.81. The van der Waals surface area contributed by atoms with Crippen LogP contribution >= 0.6 is 0 Å². The number of benzene rings is 3. The molecule has 0 saturated carbocycles. The Morgan fingerprint density at radius 3 is 2.42 bits per heavy atom. The molecule has 0 aliphatic carbocycles. The number of nitrogens with zero attached hydrogens (tertiary/aromatic N) is 2. The Labute approximate surface area is 190 Å². The van der Waals surface area contributed by atoms with E-state index in [9.17, 15) is 19.7 Å². The van der Waals surface area contributed by atoms with E-state index in [4.69, 9.17) is 9.47 Å². The standard InChI is InChI=1S/C25H22N2O6/c1-32-23-15-20(27(30)31)9-12-22(23)26-16-19(14-24(26)28)25(29)33-21-10-7-18(8-11-21)13-17-5-3-2-4-6-17/h2-12,15,19H,13-14,16H2,1H3/t19-/m1/s1. The first-order chi connectivity index (χ1) is 15.9. The number of carbonyl (C=O) groups excluding carboxylic acids is 2. The summed E-state index contributed by atoms with van der Waals surface area (Å²) in [7, 11) is 1.37. The van der Waals surface area contributed by atoms with E-state index in [0.29, 0.717) is 11.4 Å². The molecule has 1 aliphatic rings. The molecule has 4 rings (SSSR count). The first-order valence-electron chi connectivity index (χ1n) is 10.4. The van der Waals surface area contributed by atoms with Gasteiger partial charge in [0.05, 0.1) is 29.7 Å². The number of carbonyl (C=O) groups is 2. The van der Waals surface area contributed by atoms with Crippen molar-refractivity contribution in [2.75, 3.05) is 18.6 Å². The van der Waals surface area contributed by atoms with E-state index >= 15 is 0 Å². The van der Waals surface area contributed by atoms with Crippen LogP contribution in [-0.4, -0.2) is 30.5 Å². The Morgan fingerprint density at radius 1 is 1.06 bits per heavy atom. The Balaban J connectivity index is 1.41. The Kier molecular flexibility index (Phi) is 6.35. The number of esters is 1. The number of hydrogen-bond acceptors (Lipinski definition) is 6. The lowest BCUT2D eigenvalue weighted by Gasteiger charge is -2.19. The number of methoxy groups -OCH3 is 1. The first kappa shape index (κ1) is 22.0. The van der Waals surface area contributed by atoms with Crippen LogP contribution in [0.4, 0.5) is 11.4 Å². The molecule has 1 saturated heterocycles. The highest BCUT2D eigenvalue weighted by atomic mass is 16.6. The summed E-state index contributed by atoms with van der Waals surface area (Å²) >= 11 is 0. The van der Waals surface area contributed by atoms with Crippen LogP contribution in [0.1, 0.15) is 17.5 Å². The number of anilines is 1. The van der Waals surface area contributed by atoms with Gasteiger partial charge in [-0.1, -0.05) is 42.5 Å². The van der Waals surface area contributed by atoms with Crippen LogP contribution < -0.4 is 14.4 Å². The number of non-ortho nitro benzene ring substituents is 1. The third kappa shape index (κ3) is 5.01. The molecule has 8 nitrogen and oxygen atoms in total. The average Bonchev–Trinajstić information content (AvgIpc) is 3.22. The van der Waals surface area contributed by atoms with E-state index in [1.807, 2.05) is 30.3 Å². The molecule has 3 aromatic rings. The normalized spacial score (nSPS) is 15.4. The number of ether oxygens (including phenoxy) is 2. The van der Waals surface area contributed by atoms with Crippen LogP contribution in [0.15, 0.2) is 72.8 Å². The van der Waals surface area contributed by atoms with Gasteiger partial charge in [0.2, 0.25) is 5.91 Å². The van der Waals surface area contributed by atoms with Gasteiger partial charge < -0.3 is 14.4 Å². The fourth-order valence-corrected chi connectivity index (χ4v) is 3.81. The number of rotatable bonds is 7. The summed E-state index contributed by atoms with van der Waals surface area (Å²) in [4.78, 5) is 37.1. The molecule has 1 atom stereocenters. The molecule has 3 aromatic carbocycles. The molecule has 0 aromatic heterocycles.